The van der Waals surface area contributed by atoms with Crippen molar-refractivity contribution in [3.63, 3.8) is 0 Å². The van der Waals surface area contributed by atoms with Crippen molar-refractivity contribution in [2.75, 3.05) is 39.5 Å². The average molecular weight is 653 g/mol. The lowest BCUT2D eigenvalue weighted by molar-refractivity contribution is 0.0195. The third-order valence-electron chi connectivity index (χ3n) is 11.2. The number of rotatable bonds is 5. The zero-order chi connectivity index (χ0) is 32.9. The molecule has 4 aromatic rings. The maximum atomic E-state index is 12.1. The number of nitrogens with one attached hydrogen (secondary N) is 2. The van der Waals surface area contributed by atoms with Crippen LogP contribution in [0.2, 0.25) is 0 Å². The van der Waals surface area contributed by atoms with Crippen LogP contribution in [0.5, 0.6) is 0 Å². The molecule has 2 aromatic carbocycles. The van der Waals surface area contributed by atoms with Crippen molar-refractivity contribution in [2.24, 2.45) is 10.8 Å². The Morgan fingerprint density at radius 2 is 0.979 bits per heavy atom. The SMILES string of the molecule is O=C(O)N1CC2(CCOCC2)C[C@H]1c1ncc(-c2ccc(-c3ccc(-c4cnc([C@@H]5CC6(CCOCC6)CN5C(=O)O)[nH]4)cc3)cc2)[nH]1. The Bertz CT molecular complexity index is 1660. The molecule has 12 nitrogen and oxygen atoms in total. The summed E-state index contributed by atoms with van der Waals surface area (Å²) in [7, 11) is 0. The van der Waals surface area contributed by atoms with Crippen LogP contribution in [0.25, 0.3) is 33.6 Å². The molecule has 2 atom stereocenters. The van der Waals surface area contributed by atoms with Crippen LogP contribution in [-0.2, 0) is 9.47 Å². The van der Waals surface area contributed by atoms with Gasteiger partial charge < -0.3 is 29.7 Å². The summed E-state index contributed by atoms with van der Waals surface area (Å²) in [5, 5.41) is 19.9. The van der Waals surface area contributed by atoms with Crippen LogP contribution >= 0.6 is 0 Å². The predicted octanol–water partition coefficient (Wildman–Crippen LogP) is 6.58. The van der Waals surface area contributed by atoms with Gasteiger partial charge in [-0.2, -0.15) is 0 Å². The summed E-state index contributed by atoms with van der Waals surface area (Å²) in [6.45, 7) is 3.73. The van der Waals surface area contributed by atoms with E-state index < -0.39 is 12.2 Å². The first-order chi connectivity index (χ1) is 23.3. The minimum absolute atomic E-state index is 0.0448. The van der Waals surface area contributed by atoms with E-state index in [-0.39, 0.29) is 22.9 Å². The van der Waals surface area contributed by atoms with Gasteiger partial charge in [0.25, 0.3) is 0 Å². The zero-order valence-electron chi connectivity index (χ0n) is 26.7. The molecule has 4 aliphatic rings. The maximum Gasteiger partial charge on any atom is 0.407 e. The highest BCUT2D eigenvalue weighted by Crippen LogP contribution is 2.49. The fraction of sp³-hybridized carbons (Fsp3) is 0.444. The number of aromatic nitrogens is 4. The van der Waals surface area contributed by atoms with Gasteiger partial charge in [-0.3, -0.25) is 9.80 Å². The van der Waals surface area contributed by atoms with E-state index in [2.05, 4.69) is 44.2 Å². The molecule has 0 unspecified atom stereocenters. The largest absolute Gasteiger partial charge is 0.465 e. The molecule has 2 amide bonds. The second-order valence-corrected chi connectivity index (χ2v) is 14.0. The topological polar surface area (TPSA) is 157 Å². The quantitative estimate of drug-likeness (QED) is 0.188. The van der Waals surface area contributed by atoms with Crippen molar-refractivity contribution >= 4 is 12.2 Å². The second-order valence-electron chi connectivity index (χ2n) is 14.0. The molecule has 4 N–H and O–H groups in total. The number of carboxylic acid groups (broad SMARTS) is 2. The van der Waals surface area contributed by atoms with E-state index in [4.69, 9.17) is 9.47 Å². The number of nitrogens with zero attached hydrogens (tertiary/aromatic N) is 4. The van der Waals surface area contributed by atoms with Gasteiger partial charge in [0, 0.05) is 39.5 Å². The van der Waals surface area contributed by atoms with Gasteiger partial charge in [-0.25, -0.2) is 19.6 Å². The van der Waals surface area contributed by atoms with E-state index in [1.807, 2.05) is 24.3 Å². The molecule has 4 fully saturated rings. The van der Waals surface area contributed by atoms with Crippen LogP contribution in [-0.4, -0.2) is 91.7 Å². The molecular formula is C36H40N6O6. The van der Waals surface area contributed by atoms with Crippen molar-refractivity contribution in [3.05, 3.63) is 72.6 Å². The van der Waals surface area contributed by atoms with Gasteiger partial charge in [-0.05, 0) is 71.6 Å². The lowest BCUT2D eigenvalue weighted by Crippen LogP contribution is -2.35. The van der Waals surface area contributed by atoms with Crippen LogP contribution in [0.15, 0.2) is 60.9 Å². The number of likely N-dealkylation sites (tertiary alicyclic amines) is 2. The molecule has 250 valence electrons. The summed E-state index contributed by atoms with van der Waals surface area (Å²) in [6.07, 6.45) is 6.74. The van der Waals surface area contributed by atoms with Crippen molar-refractivity contribution in [1.29, 1.82) is 0 Å². The number of hydrogen-bond donors (Lipinski definition) is 4. The highest BCUT2D eigenvalue weighted by atomic mass is 16.5. The molecule has 0 saturated carbocycles. The molecule has 6 heterocycles. The number of hydrogen-bond acceptors (Lipinski definition) is 6. The summed E-state index contributed by atoms with van der Waals surface area (Å²) in [5.74, 6) is 1.37. The Morgan fingerprint density at radius 1 is 0.625 bits per heavy atom. The smallest absolute Gasteiger partial charge is 0.407 e. The standard InChI is InChI=1S/C36H40N6O6/c43-33(44)41-21-35(9-13-47-14-10-35)17-29(41)31-37-19-27(39-31)25-5-1-23(2-6-25)24-3-7-26(8-4-24)28-20-38-32(40-28)30-18-36(11-15-48-16-12-36)22-42(30)34(45)46/h1-8,19-20,29-30H,9-18,21-22H2,(H,37,39)(H,38,40)(H,43,44)(H,45,46)/t29-,30-/m0/s1. The molecule has 48 heavy (non-hydrogen) atoms. The van der Waals surface area contributed by atoms with Crippen LogP contribution in [0, 0.1) is 10.8 Å². The fourth-order valence-electron chi connectivity index (χ4n) is 8.33. The minimum atomic E-state index is -0.910. The molecule has 0 aliphatic carbocycles. The lowest BCUT2D eigenvalue weighted by atomic mass is 9.78. The first kappa shape index (κ1) is 30.6. The first-order valence-corrected chi connectivity index (χ1v) is 16.8. The number of aromatic amines is 2. The molecule has 8 rings (SSSR count). The fourth-order valence-corrected chi connectivity index (χ4v) is 8.33. The number of imidazole rings is 2. The third-order valence-corrected chi connectivity index (χ3v) is 11.2. The predicted molar refractivity (Wildman–Crippen MR) is 176 cm³/mol. The van der Waals surface area contributed by atoms with Gasteiger partial charge in [0.2, 0.25) is 0 Å². The van der Waals surface area contributed by atoms with Crippen LogP contribution in [0.4, 0.5) is 9.59 Å². The molecule has 2 aromatic heterocycles. The molecule has 0 bridgehead atoms. The monoisotopic (exact) mass is 652 g/mol. The Hall–Kier alpha value is -4.68. The van der Waals surface area contributed by atoms with Gasteiger partial charge in [0.1, 0.15) is 11.6 Å². The molecular weight excluding hydrogens is 612 g/mol. The summed E-state index contributed by atoms with van der Waals surface area (Å²) >= 11 is 0. The summed E-state index contributed by atoms with van der Waals surface area (Å²) in [6, 6.07) is 15.9. The number of H-pyrrole nitrogens is 2. The highest BCUT2D eigenvalue weighted by molar-refractivity contribution is 5.72. The lowest BCUT2D eigenvalue weighted by Gasteiger charge is -2.32. The Morgan fingerprint density at radius 3 is 1.33 bits per heavy atom. The molecule has 4 saturated heterocycles. The molecule has 0 radical (unpaired) electrons. The van der Waals surface area contributed by atoms with Gasteiger partial charge in [-0.15, -0.1) is 0 Å². The van der Waals surface area contributed by atoms with Gasteiger partial charge in [0.05, 0.1) is 35.9 Å². The third kappa shape index (κ3) is 5.62. The highest BCUT2D eigenvalue weighted by Gasteiger charge is 2.49. The minimum Gasteiger partial charge on any atom is -0.465 e. The Labute approximate surface area is 278 Å². The molecule has 2 spiro atoms. The summed E-state index contributed by atoms with van der Waals surface area (Å²) in [5.41, 5.74) is 5.70. The van der Waals surface area contributed by atoms with E-state index in [0.29, 0.717) is 51.2 Å². The van der Waals surface area contributed by atoms with Crippen LogP contribution in [0.1, 0.15) is 62.3 Å². The van der Waals surface area contributed by atoms with Gasteiger partial charge >= 0.3 is 12.2 Å². The Kier molecular flexibility index (Phi) is 7.72. The van der Waals surface area contributed by atoms with E-state index >= 15 is 0 Å². The van der Waals surface area contributed by atoms with E-state index in [9.17, 15) is 19.8 Å². The average Bonchev–Trinajstić information content (AvgIpc) is 3.91. The van der Waals surface area contributed by atoms with Crippen molar-refractivity contribution in [3.8, 4) is 33.6 Å². The normalized spacial score (nSPS) is 23.2. The van der Waals surface area contributed by atoms with Crippen molar-refractivity contribution in [2.45, 2.75) is 50.6 Å². The Balaban J connectivity index is 0.952. The number of ether oxygens (including phenoxy) is 2. The van der Waals surface area contributed by atoms with E-state index in [1.165, 1.54) is 9.80 Å². The summed E-state index contributed by atoms with van der Waals surface area (Å²) in [4.78, 5) is 43.4. The first-order valence-electron chi connectivity index (χ1n) is 16.8. The number of benzene rings is 2. The summed E-state index contributed by atoms with van der Waals surface area (Å²) < 4.78 is 11.1. The van der Waals surface area contributed by atoms with Crippen molar-refractivity contribution in [1.82, 2.24) is 29.7 Å². The van der Waals surface area contributed by atoms with E-state index in [0.717, 1.165) is 72.2 Å². The van der Waals surface area contributed by atoms with Crippen LogP contribution in [0.3, 0.4) is 0 Å². The number of amides is 2. The maximum absolute atomic E-state index is 12.1. The second kappa shape index (κ2) is 12.1. The van der Waals surface area contributed by atoms with Gasteiger partial charge in [-0.1, -0.05) is 48.5 Å². The van der Waals surface area contributed by atoms with Crippen molar-refractivity contribution < 1.29 is 29.3 Å². The van der Waals surface area contributed by atoms with E-state index in [1.54, 1.807) is 12.4 Å². The van der Waals surface area contributed by atoms with Crippen LogP contribution < -0.4 is 0 Å². The molecule has 12 heteroatoms. The molecule has 4 aliphatic heterocycles. The van der Waals surface area contributed by atoms with Gasteiger partial charge in [0.15, 0.2) is 0 Å². The number of carbonyl (C=O) groups is 2. The zero-order valence-corrected chi connectivity index (χ0v) is 26.7.